The number of amides is 1. The second-order valence-electron chi connectivity index (χ2n) is 3.07. The molecule has 0 aliphatic rings. The van der Waals surface area contributed by atoms with Crippen molar-refractivity contribution in [2.24, 2.45) is 0 Å². The molecule has 0 fully saturated rings. The summed E-state index contributed by atoms with van der Waals surface area (Å²) in [5.74, 6) is -0.193. The first-order chi connectivity index (χ1) is 7.06. The fourth-order valence-electron chi connectivity index (χ4n) is 1.12. The van der Waals surface area contributed by atoms with Crippen LogP contribution >= 0.6 is 27.5 Å². The molecule has 1 N–H and O–H groups in total. The van der Waals surface area contributed by atoms with E-state index in [1.165, 1.54) is 4.90 Å². The van der Waals surface area contributed by atoms with Crippen molar-refractivity contribution >= 4 is 33.4 Å². The lowest BCUT2D eigenvalue weighted by Gasteiger charge is -2.16. The number of aliphatic hydroxyl groups is 1. The predicted octanol–water partition coefficient (Wildman–Crippen LogP) is 2.17. The van der Waals surface area contributed by atoms with E-state index < -0.39 is 0 Å². The standard InChI is InChI=1S/C10H11BrClNO2/c1-13(4-5-14)10(15)8-3-2-7(11)6-9(8)12/h2-3,6,14H,4-5H2,1H3. The zero-order valence-corrected chi connectivity index (χ0v) is 10.5. The molecule has 0 aliphatic heterocycles. The van der Waals surface area contributed by atoms with Gasteiger partial charge in [0.25, 0.3) is 5.91 Å². The van der Waals surface area contributed by atoms with Crippen LogP contribution in [0.2, 0.25) is 5.02 Å². The van der Waals surface area contributed by atoms with Gasteiger partial charge in [-0.3, -0.25) is 4.79 Å². The fourth-order valence-corrected chi connectivity index (χ4v) is 1.87. The second kappa shape index (κ2) is 5.49. The summed E-state index contributed by atoms with van der Waals surface area (Å²) in [5, 5.41) is 9.11. The van der Waals surface area contributed by atoms with E-state index in [0.717, 1.165) is 4.47 Å². The molecule has 1 aromatic rings. The molecule has 0 aliphatic carbocycles. The van der Waals surface area contributed by atoms with E-state index >= 15 is 0 Å². The summed E-state index contributed by atoms with van der Waals surface area (Å²) in [5.41, 5.74) is 0.441. The van der Waals surface area contributed by atoms with E-state index in [-0.39, 0.29) is 12.5 Å². The van der Waals surface area contributed by atoms with E-state index in [2.05, 4.69) is 15.9 Å². The van der Waals surface area contributed by atoms with Crippen LogP contribution in [0.1, 0.15) is 10.4 Å². The molecule has 0 atom stereocenters. The number of benzene rings is 1. The highest BCUT2D eigenvalue weighted by atomic mass is 79.9. The monoisotopic (exact) mass is 291 g/mol. The summed E-state index contributed by atoms with van der Waals surface area (Å²) in [6.07, 6.45) is 0. The fraction of sp³-hybridized carbons (Fsp3) is 0.300. The maximum Gasteiger partial charge on any atom is 0.255 e. The molecule has 1 aromatic carbocycles. The van der Waals surface area contributed by atoms with Crippen LogP contribution in [-0.4, -0.2) is 36.1 Å². The molecule has 0 spiro atoms. The Labute approximate surface area is 102 Å². The van der Waals surface area contributed by atoms with Gasteiger partial charge in [-0.25, -0.2) is 0 Å². The smallest absolute Gasteiger partial charge is 0.255 e. The van der Waals surface area contributed by atoms with Crippen molar-refractivity contribution in [2.75, 3.05) is 20.2 Å². The van der Waals surface area contributed by atoms with Crippen molar-refractivity contribution in [2.45, 2.75) is 0 Å². The van der Waals surface area contributed by atoms with Gasteiger partial charge in [0.2, 0.25) is 0 Å². The Morgan fingerprint density at radius 3 is 2.80 bits per heavy atom. The van der Waals surface area contributed by atoms with Gasteiger partial charge in [-0.1, -0.05) is 27.5 Å². The average molecular weight is 293 g/mol. The summed E-state index contributed by atoms with van der Waals surface area (Å²) in [6, 6.07) is 5.08. The lowest BCUT2D eigenvalue weighted by Crippen LogP contribution is -2.29. The SMILES string of the molecule is CN(CCO)C(=O)c1ccc(Br)cc1Cl. The molecule has 0 heterocycles. The van der Waals surface area contributed by atoms with Gasteiger partial charge in [-0.2, -0.15) is 0 Å². The minimum atomic E-state index is -0.193. The van der Waals surface area contributed by atoms with Crippen molar-refractivity contribution in [1.29, 1.82) is 0 Å². The zero-order valence-electron chi connectivity index (χ0n) is 8.20. The maximum absolute atomic E-state index is 11.8. The molecular formula is C10H11BrClNO2. The maximum atomic E-state index is 11.8. The molecule has 82 valence electrons. The topological polar surface area (TPSA) is 40.5 Å². The number of aliphatic hydroxyl groups excluding tert-OH is 1. The quantitative estimate of drug-likeness (QED) is 0.927. The molecule has 0 unspecified atom stereocenters. The van der Waals surface area contributed by atoms with Crippen LogP contribution in [0, 0.1) is 0 Å². The molecule has 0 aromatic heterocycles. The van der Waals surface area contributed by atoms with Crippen molar-refractivity contribution in [1.82, 2.24) is 4.90 Å². The molecule has 0 bridgehead atoms. The number of hydrogen-bond donors (Lipinski definition) is 1. The van der Waals surface area contributed by atoms with Gasteiger partial charge in [0.05, 0.1) is 17.2 Å². The molecule has 3 nitrogen and oxygen atoms in total. The number of likely N-dealkylation sites (N-methyl/N-ethyl adjacent to an activating group) is 1. The highest BCUT2D eigenvalue weighted by Gasteiger charge is 2.14. The number of rotatable bonds is 3. The summed E-state index contributed by atoms with van der Waals surface area (Å²) >= 11 is 9.19. The number of halogens is 2. The normalized spacial score (nSPS) is 10.1. The van der Waals surface area contributed by atoms with Crippen LogP contribution in [0.4, 0.5) is 0 Å². The van der Waals surface area contributed by atoms with Gasteiger partial charge in [-0.05, 0) is 18.2 Å². The van der Waals surface area contributed by atoms with Crippen LogP contribution < -0.4 is 0 Å². The first kappa shape index (κ1) is 12.5. The summed E-state index contributed by atoms with van der Waals surface area (Å²) in [6.45, 7) is 0.238. The predicted molar refractivity (Wildman–Crippen MR) is 63.2 cm³/mol. The molecular weight excluding hydrogens is 281 g/mol. The summed E-state index contributed by atoms with van der Waals surface area (Å²) in [7, 11) is 1.62. The Morgan fingerprint density at radius 2 is 2.27 bits per heavy atom. The van der Waals surface area contributed by atoms with E-state index in [4.69, 9.17) is 16.7 Å². The Hall–Kier alpha value is -0.580. The van der Waals surface area contributed by atoms with Gasteiger partial charge in [0, 0.05) is 18.1 Å². The van der Waals surface area contributed by atoms with Crippen molar-refractivity contribution < 1.29 is 9.90 Å². The Morgan fingerprint density at radius 1 is 1.60 bits per heavy atom. The van der Waals surface area contributed by atoms with Crippen LogP contribution in [0.25, 0.3) is 0 Å². The van der Waals surface area contributed by atoms with Gasteiger partial charge < -0.3 is 10.0 Å². The van der Waals surface area contributed by atoms with E-state index in [0.29, 0.717) is 17.1 Å². The van der Waals surface area contributed by atoms with Crippen molar-refractivity contribution in [3.63, 3.8) is 0 Å². The Bertz CT molecular complexity index is 370. The van der Waals surface area contributed by atoms with E-state index in [1.807, 2.05) is 0 Å². The van der Waals surface area contributed by atoms with Crippen LogP contribution in [0.5, 0.6) is 0 Å². The van der Waals surface area contributed by atoms with Gasteiger partial charge in [0.15, 0.2) is 0 Å². The highest BCUT2D eigenvalue weighted by molar-refractivity contribution is 9.10. The van der Waals surface area contributed by atoms with Crippen LogP contribution in [0.3, 0.4) is 0 Å². The molecule has 0 radical (unpaired) electrons. The first-order valence-corrected chi connectivity index (χ1v) is 5.54. The molecule has 0 saturated heterocycles. The van der Waals surface area contributed by atoms with Gasteiger partial charge >= 0.3 is 0 Å². The minimum absolute atomic E-state index is 0.0591. The molecule has 1 rings (SSSR count). The molecule has 5 heteroatoms. The minimum Gasteiger partial charge on any atom is -0.395 e. The van der Waals surface area contributed by atoms with Gasteiger partial charge in [-0.15, -0.1) is 0 Å². The zero-order chi connectivity index (χ0) is 11.4. The van der Waals surface area contributed by atoms with Crippen molar-refractivity contribution in [3.8, 4) is 0 Å². The largest absolute Gasteiger partial charge is 0.395 e. The summed E-state index contributed by atoms with van der Waals surface area (Å²) < 4.78 is 0.828. The third-order valence-corrected chi connectivity index (χ3v) is 2.75. The number of carbonyl (C=O) groups is 1. The molecule has 0 saturated carbocycles. The second-order valence-corrected chi connectivity index (χ2v) is 4.40. The lowest BCUT2D eigenvalue weighted by atomic mass is 10.2. The van der Waals surface area contributed by atoms with Gasteiger partial charge in [0.1, 0.15) is 0 Å². The number of nitrogens with zero attached hydrogens (tertiary/aromatic N) is 1. The molecule has 1 amide bonds. The van der Waals surface area contributed by atoms with E-state index in [9.17, 15) is 4.79 Å². The average Bonchev–Trinajstić information content (AvgIpc) is 2.17. The van der Waals surface area contributed by atoms with Crippen molar-refractivity contribution in [3.05, 3.63) is 33.3 Å². The van der Waals surface area contributed by atoms with Crippen LogP contribution in [-0.2, 0) is 0 Å². The molecule has 15 heavy (non-hydrogen) atoms. The highest BCUT2D eigenvalue weighted by Crippen LogP contribution is 2.22. The number of hydrogen-bond acceptors (Lipinski definition) is 2. The Kier molecular flexibility index (Phi) is 4.57. The van der Waals surface area contributed by atoms with E-state index in [1.54, 1.807) is 25.2 Å². The number of carbonyl (C=O) groups excluding carboxylic acids is 1. The third-order valence-electron chi connectivity index (χ3n) is 1.94. The Balaban J connectivity index is 2.91. The first-order valence-electron chi connectivity index (χ1n) is 4.37. The summed E-state index contributed by atoms with van der Waals surface area (Å²) in [4.78, 5) is 13.2. The third kappa shape index (κ3) is 3.19. The lowest BCUT2D eigenvalue weighted by molar-refractivity contribution is 0.0767. The van der Waals surface area contributed by atoms with Crippen LogP contribution in [0.15, 0.2) is 22.7 Å².